The molecular weight excluding hydrogens is 204 g/mol. The van der Waals surface area contributed by atoms with Crippen molar-refractivity contribution in [2.24, 2.45) is 0 Å². The summed E-state index contributed by atoms with van der Waals surface area (Å²) in [6.07, 6.45) is -0.137. The summed E-state index contributed by atoms with van der Waals surface area (Å²) >= 11 is 0. The van der Waals surface area contributed by atoms with Crippen molar-refractivity contribution in [2.75, 3.05) is 19.8 Å². The Kier molecular flexibility index (Phi) is 7.57. The monoisotopic (exact) mass is 220 g/mol. The summed E-state index contributed by atoms with van der Waals surface area (Å²) in [4.78, 5) is 20.6. The molecule has 15 heavy (non-hydrogen) atoms. The van der Waals surface area contributed by atoms with Gasteiger partial charge in [-0.1, -0.05) is 0 Å². The normalized spacial score (nSPS) is 10.3. The van der Waals surface area contributed by atoms with Gasteiger partial charge in [0.15, 0.2) is 6.29 Å². The van der Waals surface area contributed by atoms with Crippen molar-refractivity contribution in [1.82, 2.24) is 0 Å². The molecule has 6 heteroatoms. The lowest BCUT2D eigenvalue weighted by Crippen LogP contribution is -2.22. The summed E-state index contributed by atoms with van der Waals surface area (Å²) in [5.41, 5.74) is 0. The number of hydrogen-bond acceptors (Lipinski definition) is 5. The topological polar surface area (TPSA) is 82.1 Å². The Bertz CT molecular complexity index is 197. The number of rotatable bonds is 7. The van der Waals surface area contributed by atoms with Gasteiger partial charge in [0.1, 0.15) is 0 Å². The molecule has 0 heterocycles. The van der Waals surface area contributed by atoms with E-state index in [9.17, 15) is 9.59 Å². The maximum Gasteiger partial charge on any atom is 0.417 e. The first kappa shape index (κ1) is 13.9. The first-order valence-electron chi connectivity index (χ1n) is 4.75. The maximum atomic E-state index is 10.5. The summed E-state index contributed by atoms with van der Waals surface area (Å²) in [6.45, 7) is 4.56. The molecule has 0 saturated heterocycles. The van der Waals surface area contributed by atoms with Crippen molar-refractivity contribution in [3.05, 3.63) is 0 Å². The molecule has 0 aliphatic rings. The number of carboxylic acid groups (broad SMARTS) is 1. The number of carbonyl (C=O) groups excluding carboxylic acids is 1. The van der Waals surface area contributed by atoms with Crippen LogP contribution in [0.4, 0.5) is 0 Å². The second-order valence-corrected chi connectivity index (χ2v) is 2.57. The lowest BCUT2D eigenvalue weighted by molar-refractivity contribution is -0.169. The maximum absolute atomic E-state index is 10.5. The van der Waals surface area contributed by atoms with E-state index >= 15 is 0 Å². The van der Waals surface area contributed by atoms with Crippen LogP contribution in [-0.4, -0.2) is 43.2 Å². The van der Waals surface area contributed by atoms with Crippen LogP contribution in [0.15, 0.2) is 0 Å². The second-order valence-electron chi connectivity index (χ2n) is 2.57. The fourth-order valence-electron chi connectivity index (χ4n) is 0.896. The number of ether oxygens (including phenoxy) is 3. The highest BCUT2D eigenvalue weighted by atomic mass is 16.7. The van der Waals surface area contributed by atoms with E-state index < -0.39 is 18.2 Å². The molecule has 0 aromatic heterocycles. The number of carbonyl (C=O) groups is 2. The first-order chi connectivity index (χ1) is 7.11. The molecule has 0 atom stereocenters. The van der Waals surface area contributed by atoms with Crippen LogP contribution in [0.1, 0.15) is 20.3 Å². The van der Waals surface area contributed by atoms with Gasteiger partial charge in [-0.2, -0.15) is 0 Å². The van der Waals surface area contributed by atoms with Crippen molar-refractivity contribution in [3.63, 3.8) is 0 Å². The third-order valence-corrected chi connectivity index (χ3v) is 1.47. The molecule has 6 nitrogen and oxygen atoms in total. The first-order valence-corrected chi connectivity index (χ1v) is 4.75. The molecule has 88 valence electrons. The number of aliphatic carboxylic acids is 1. The average molecular weight is 220 g/mol. The Morgan fingerprint density at radius 2 is 1.73 bits per heavy atom. The van der Waals surface area contributed by atoms with E-state index in [-0.39, 0.29) is 6.61 Å². The highest BCUT2D eigenvalue weighted by Gasteiger charge is 2.14. The Hall–Kier alpha value is -1.14. The molecule has 0 fully saturated rings. The van der Waals surface area contributed by atoms with E-state index in [1.165, 1.54) is 0 Å². The predicted octanol–water partition coefficient (Wildman–Crippen LogP) is 0.403. The Labute approximate surface area is 88.1 Å². The van der Waals surface area contributed by atoms with Crippen molar-refractivity contribution in [2.45, 2.75) is 26.6 Å². The minimum Gasteiger partial charge on any atom is -0.473 e. The molecule has 1 N–H and O–H groups in total. The van der Waals surface area contributed by atoms with Crippen LogP contribution in [0.3, 0.4) is 0 Å². The molecule has 0 spiro atoms. The van der Waals surface area contributed by atoms with E-state index in [1.807, 2.05) is 13.8 Å². The number of hydrogen-bond donors (Lipinski definition) is 1. The molecular formula is C9H16O6. The van der Waals surface area contributed by atoms with E-state index in [4.69, 9.17) is 14.6 Å². The molecule has 0 aliphatic heterocycles. The van der Waals surface area contributed by atoms with Gasteiger partial charge in [-0.15, -0.1) is 0 Å². The zero-order valence-electron chi connectivity index (χ0n) is 8.89. The largest absolute Gasteiger partial charge is 0.473 e. The average Bonchev–Trinajstić information content (AvgIpc) is 2.18. The van der Waals surface area contributed by atoms with Gasteiger partial charge in [-0.3, -0.25) is 0 Å². The van der Waals surface area contributed by atoms with Crippen LogP contribution in [0, 0.1) is 0 Å². The molecule has 0 aliphatic carbocycles. The fourth-order valence-corrected chi connectivity index (χ4v) is 0.896. The van der Waals surface area contributed by atoms with Crippen molar-refractivity contribution >= 4 is 11.9 Å². The smallest absolute Gasteiger partial charge is 0.417 e. The zero-order valence-corrected chi connectivity index (χ0v) is 8.89. The minimum atomic E-state index is -1.60. The van der Waals surface area contributed by atoms with Crippen molar-refractivity contribution in [1.29, 1.82) is 0 Å². The van der Waals surface area contributed by atoms with Gasteiger partial charge in [-0.05, 0) is 13.8 Å². The lowest BCUT2D eigenvalue weighted by atomic mass is 10.4. The molecule has 0 bridgehead atoms. The number of carboxylic acids is 1. The van der Waals surface area contributed by atoms with Gasteiger partial charge in [0.05, 0.1) is 6.61 Å². The lowest BCUT2D eigenvalue weighted by Gasteiger charge is -2.16. The van der Waals surface area contributed by atoms with E-state index in [0.29, 0.717) is 19.6 Å². The summed E-state index contributed by atoms with van der Waals surface area (Å²) in [5, 5.41) is 8.22. The van der Waals surface area contributed by atoms with Crippen LogP contribution >= 0.6 is 0 Å². The Balaban J connectivity index is 3.69. The molecule has 0 unspecified atom stereocenters. The highest BCUT2D eigenvalue weighted by Crippen LogP contribution is 2.01. The summed E-state index contributed by atoms with van der Waals surface area (Å²) in [5.74, 6) is -2.86. The van der Waals surface area contributed by atoms with Gasteiger partial charge < -0.3 is 19.3 Å². The van der Waals surface area contributed by atoms with E-state index in [1.54, 1.807) is 0 Å². The summed E-state index contributed by atoms with van der Waals surface area (Å²) in [6, 6.07) is 0. The predicted molar refractivity (Wildman–Crippen MR) is 50.3 cm³/mol. The van der Waals surface area contributed by atoms with E-state index in [0.717, 1.165) is 0 Å². The highest BCUT2D eigenvalue weighted by molar-refractivity contribution is 6.28. The Morgan fingerprint density at radius 1 is 1.20 bits per heavy atom. The Morgan fingerprint density at radius 3 is 2.13 bits per heavy atom. The van der Waals surface area contributed by atoms with Gasteiger partial charge in [0.25, 0.3) is 0 Å². The van der Waals surface area contributed by atoms with Crippen LogP contribution in [-0.2, 0) is 23.8 Å². The summed E-state index contributed by atoms with van der Waals surface area (Å²) < 4.78 is 14.8. The van der Waals surface area contributed by atoms with Crippen LogP contribution < -0.4 is 0 Å². The minimum absolute atomic E-state index is 0.0319. The van der Waals surface area contributed by atoms with E-state index in [2.05, 4.69) is 4.74 Å². The third-order valence-electron chi connectivity index (χ3n) is 1.47. The molecule has 0 saturated carbocycles. The quantitative estimate of drug-likeness (QED) is 0.380. The van der Waals surface area contributed by atoms with Crippen molar-refractivity contribution < 1.29 is 28.9 Å². The van der Waals surface area contributed by atoms with Crippen LogP contribution in [0.2, 0.25) is 0 Å². The summed E-state index contributed by atoms with van der Waals surface area (Å²) in [7, 11) is 0. The van der Waals surface area contributed by atoms with Gasteiger partial charge in [-0.25, -0.2) is 9.59 Å². The molecule has 0 amide bonds. The molecule has 0 rings (SSSR count). The SMILES string of the molecule is CCOC(CCOC(=O)C(=O)O)OCC. The van der Waals surface area contributed by atoms with Gasteiger partial charge in [0, 0.05) is 19.6 Å². The second kappa shape index (κ2) is 8.19. The van der Waals surface area contributed by atoms with Crippen molar-refractivity contribution in [3.8, 4) is 0 Å². The van der Waals surface area contributed by atoms with Gasteiger partial charge >= 0.3 is 11.9 Å². The van der Waals surface area contributed by atoms with Crippen LogP contribution in [0.25, 0.3) is 0 Å². The number of esters is 1. The fraction of sp³-hybridized carbons (Fsp3) is 0.778. The third kappa shape index (κ3) is 6.87. The standard InChI is InChI=1S/C9H16O6/c1-3-13-7(14-4-2)5-6-15-9(12)8(10)11/h7H,3-6H2,1-2H3,(H,10,11). The molecule has 0 aromatic carbocycles. The molecule has 0 radical (unpaired) electrons. The molecule has 0 aromatic rings. The zero-order chi connectivity index (χ0) is 11.7. The van der Waals surface area contributed by atoms with Crippen LogP contribution in [0.5, 0.6) is 0 Å². The van der Waals surface area contributed by atoms with Gasteiger partial charge in [0.2, 0.25) is 0 Å².